The number of para-hydroxylation sites is 2. The van der Waals surface area contributed by atoms with E-state index in [4.69, 9.17) is 0 Å². The van der Waals surface area contributed by atoms with Crippen LogP contribution in [0.2, 0.25) is 0 Å². The first kappa shape index (κ1) is 13.5. The summed E-state index contributed by atoms with van der Waals surface area (Å²) in [6, 6.07) is 8.04. The van der Waals surface area contributed by atoms with Crippen LogP contribution in [0.3, 0.4) is 0 Å². The monoisotopic (exact) mass is 289 g/mol. The molecule has 1 aromatic heterocycles. The molecule has 1 unspecified atom stereocenters. The summed E-state index contributed by atoms with van der Waals surface area (Å²) < 4.78 is 0. The lowest BCUT2D eigenvalue weighted by atomic mass is 9.99. The average Bonchev–Trinajstić information content (AvgIpc) is 2.84. The Morgan fingerprint density at radius 2 is 2.05 bits per heavy atom. The van der Waals surface area contributed by atoms with Crippen LogP contribution in [-0.2, 0) is 0 Å². The number of H-pyrrole nitrogens is 1. The van der Waals surface area contributed by atoms with Crippen molar-refractivity contribution in [3.05, 3.63) is 24.3 Å². The highest BCUT2D eigenvalue weighted by atomic mass is 32.2. The van der Waals surface area contributed by atoms with E-state index in [1.54, 1.807) is 11.8 Å². The summed E-state index contributed by atoms with van der Waals surface area (Å²) in [6.45, 7) is 0. The van der Waals surface area contributed by atoms with E-state index in [0.717, 1.165) is 41.2 Å². The van der Waals surface area contributed by atoms with E-state index in [0.29, 0.717) is 0 Å². The number of hydrogen-bond donors (Lipinski definition) is 2. The highest BCUT2D eigenvalue weighted by Gasteiger charge is 2.21. The average molecular weight is 289 g/mol. The lowest BCUT2D eigenvalue weighted by molar-refractivity contribution is 0.315. The van der Waals surface area contributed by atoms with E-state index in [9.17, 15) is 5.21 Å². The molecule has 1 aliphatic rings. The van der Waals surface area contributed by atoms with Gasteiger partial charge >= 0.3 is 0 Å². The Labute approximate surface area is 122 Å². The van der Waals surface area contributed by atoms with Crippen molar-refractivity contribution in [2.75, 3.05) is 0 Å². The number of aromatic amines is 1. The molecular formula is C15H19N3OS. The lowest BCUT2D eigenvalue weighted by Gasteiger charge is -2.19. The van der Waals surface area contributed by atoms with Crippen LogP contribution in [0.25, 0.3) is 11.0 Å². The normalized spacial score (nSPS) is 22.8. The van der Waals surface area contributed by atoms with Crippen molar-refractivity contribution in [2.24, 2.45) is 5.16 Å². The van der Waals surface area contributed by atoms with E-state index < -0.39 is 0 Å². The molecule has 0 radical (unpaired) electrons. The summed E-state index contributed by atoms with van der Waals surface area (Å²) in [6.07, 6.45) is 6.78. The highest BCUT2D eigenvalue weighted by Crippen LogP contribution is 2.30. The Bertz CT molecular complexity index is 575. The molecule has 106 valence electrons. The predicted molar refractivity (Wildman–Crippen MR) is 82.7 cm³/mol. The molecule has 1 aromatic carbocycles. The van der Waals surface area contributed by atoms with Gasteiger partial charge in [0.2, 0.25) is 0 Å². The van der Waals surface area contributed by atoms with Crippen LogP contribution in [0.5, 0.6) is 0 Å². The first-order valence-corrected chi connectivity index (χ1v) is 8.07. The molecule has 2 N–H and O–H groups in total. The zero-order valence-corrected chi connectivity index (χ0v) is 12.2. The zero-order valence-electron chi connectivity index (χ0n) is 11.4. The van der Waals surface area contributed by atoms with Crippen molar-refractivity contribution in [3.8, 4) is 0 Å². The highest BCUT2D eigenvalue weighted by molar-refractivity contribution is 8.00. The second-order valence-corrected chi connectivity index (χ2v) is 6.40. The van der Waals surface area contributed by atoms with Gasteiger partial charge in [-0.1, -0.05) is 48.3 Å². The third kappa shape index (κ3) is 2.98. The number of nitrogens with zero attached hydrogens (tertiary/aromatic N) is 2. The molecule has 5 heteroatoms. The zero-order chi connectivity index (χ0) is 13.8. The summed E-state index contributed by atoms with van der Waals surface area (Å²) in [5.74, 6) is 0. The summed E-state index contributed by atoms with van der Waals surface area (Å²) in [5, 5.41) is 13.9. The number of oxime groups is 1. The molecule has 1 aliphatic carbocycles. The Morgan fingerprint density at radius 1 is 1.20 bits per heavy atom. The summed E-state index contributed by atoms with van der Waals surface area (Å²) in [5.41, 5.74) is 2.96. The minimum atomic E-state index is 0.237. The van der Waals surface area contributed by atoms with Crippen LogP contribution in [-0.4, -0.2) is 26.1 Å². The van der Waals surface area contributed by atoms with Gasteiger partial charge in [-0.2, -0.15) is 0 Å². The van der Waals surface area contributed by atoms with Gasteiger partial charge in [-0.25, -0.2) is 4.98 Å². The number of nitrogens with one attached hydrogen (secondary N) is 1. The fraction of sp³-hybridized carbons (Fsp3) is 0.467. The van der Waals surface area contributed by atoms with Crippen LogP contribution >= 0.6 is 11.8 Å². The van der Waals surface area contributed by atoms with Crippen LogP contribution in [0.15, 0.2) is 34.6 Å². The molecule has 3 rings (SSSR count). The Morgan fingerprint density at radius 3 is 2.90 bits per heavy atom. The van der Waals surface area contributed by atoms with E-state index in [1.807, 2.05) is 24.3 Å². The van der Waals surface area contributed by atoms with E-state index in [1.165, 1.54) is 19.3 Å². The molecule has 1 heterocycles. The molecule has 0 amide bonds. The minimum Gasteiger partial charge on any atom is -0.411 e. The third-order valence-corrected chi connectivity index (χ3v) is 4.98. The van der Waals surface area contributed by atoms with Crippen molar-refractivity contribution >= 4 is 28.5 Å². The van der Waals surface area contributed by atoms with Crippen molar-refractivity contribution in [3.63, 3.8) is 0 Å². The van der Waals surface area contributed by atoms with E-state index in [-0.39, 0.29) is 5.25 Å². The Balaban J connectivity index is 1.79. The van der Waals surface area contributed by atoms with E-state index >= 15 is 0 Å². The second kappa shape index (κ2) is 6.31. The maximum atomic E-state index is 9.24. The van der Waals surface area contributed by atoms with Gasteiger partial charge in [0.15, 0.2) is 5.16 Å². The van der Waals surface area contributed by atoms with Gasteiger partial charge in [-0.15, -0.1) is 0 Å². The summed E-state index contributed by atoms with van der Waals surface area (Å²) in [4.78, 5) is 7.94. The number of rotatable bonds is 2. The van der Waals surface area contributed by atoms with Gasteiger partial charge in [0.05, 0.1) is 22.0 Å². The number of thioether (sulfide) groups is 1. The second-order valence-electron chi connectivity index (χ2n) is 5.21. The molecule has 0 aliphatic heterocycles. The first-order valence-electron chi connectivity index (χ1n) is 7.19. The molecule has 1 saturated carbocycles. The summed E-state index contributed by atoms with van der Waals surface area (Å²) in [7, 11) is 0. The number of benzene rings is 1. The van der Waals surface area contributed by atoms with Crippen molar-refractivity contribution < 1.29 is 5.21 Å². The largest absolute Gasteiger partial charge is 0.411 e. The van der Waals surface area contributed by atoms with Gasteiger partial charge in [-0.05, 0) is 31.4 Å². The fourth-order valence-electron chi connectivity index (χ4n) is 2.68. The van der Waals surface area contributed by atoms with Gasteiger partial charge in [-0.3, -0.25) is 0 Å². The van der Waals surface area contributed by atoms with Crippen LogP contribution in [0, 0.1) is 0 Å². The smallest absolute Gasteiger partial charge is 0.167 e. The number of fused-ring (bicyclic) bond motifs is 1. The lowest BCUT2D eigenvalue weighted by Crippen LogP contribution is -2.19. The van der Waals surface area contributed by atoms with Gasteiger partial charge in [0, 0.05) is 0 Å². The van der Waals surface area contributed by atoms with Crippen molar-refractivity contribution in [1.82, 2.24) is 9.97 Å². The SMILES string of the molecule is O/N=C1\CCCCCCC1Sc1nc2ccccc2[nH]1. The van der Waals surface area contributed by atoms with E-state index in [2.05, 4.69) is 15.1 Å². The number of imidazole rings is 1. The van der Waals surface area contributed by atoms with Crippen molar-refractivity contribution in [1.29, 1.82) is 0 Å². The summed E-state index contributed by atoms with van der Waals surface area (Å²) >= 11 is 1.69. The first-order chi connectivity index (χ1) is 9.86. The van der Waals surface area contributed by atoms with Gasteiger partial charge in [0.1, 0.15) is 0 Å². The van der Waals surface area contributed by atoms with Crippen molar-refractivity contribution in [2.45, 2.75) is 48.9 Å². The quantitative estimate of drug-likeness (QED) is 0.643. The molecule has 20 heavy (non-hydrogen) atoms. The third-order valence-electron chi connectivity index (χ3n) is 3.77. The molecule has 0 spiro atoms. The van der Waals surface area contributed by atoms with Gasteiger partial charge in [0.25, 0.3) is 0 Å². The standard InChI is InChI=1S/C15H19N3OS/c19-18-13-9-3-1-2-4-10-14(13)20-15-16-11-7-5-6-8-12(11)17-15/h5-8,14,19H,1-4,9-10H2,(H,16,17)/b18-13+. The maximum absolute atomic E-state index is 9.24. The Hall–Kier alpha value is -1.49. The maximum Gasteiger partial charge on any atom is 0.167 e. The van der Waals surface area contributed by atoms with Crippen LogP contribution < -0.4 is 0 Å². The minimum absolute atomic E-state index is 0.237. The van der Waals surface area contributed by atoms with Crippen LogP contribution in [0.1, 0.15) is 38.5 Å². The number of hydrogen-bond acceptors (Lipinski definition) is 4. The fourth-order valence-corrected chi connectivity index (χ4v) is 3.85. The molecular weight excluding hydrogens is 270 g/mol. The molecule has 0 saturated heterocycles. The molecule has 2 aromatic rings. The molecule has 4 nitrogen and oxygen atoms in total. The molecule has 1 atom stereocenters. The topological polar surface area (TPSA) is 61.3 Å². The Kier molecular flexibility index (Phi) is 4.25. The molecule has 1 fully saturated rings. The number of aromatic nitrogens is 2. The van der Waals surface area contributed by atoms with Crippen LogP contribution in [0.4, 0.5) is 0 Å². The predicted octanol–water partition coefficient (Wildman–Crippen LogP) is 4.21. The van der Waals surface area contributed by atoms with Gasteiger partial charge < -0.3 is 10.2 Å². The molecule has 0 bridgehead atoms.